The number of ether oxygens (including phenoxy) is 1. The lowest BCUT2D eigenvalue weighted by Crippen LogP contribution is -2.42. The van der Waals surface area contributed by atoms with Crippen molar-refractivity contribution in [3.05, 3.63) is 24.4 Å². The Labute approximate surface area is 134 Å². The number of piperidine rings is 1. The van der Waals surface area contributed by atoms with Crippen LogP contribution in [0.1, 0.15) is 33.6 Å². The summed E-state index contributed by atoms with van der Waals surface area (Å²) in [6.07, 6.45) is 3.13. The van der Waals surface area contributed by atoms with Crippen LogP contribution in [0.5, 0.6) is 0 Å². The molecule has 1 aromatic rings. The number of pyridine rings is 1. The van der Waals surface area contributed by atoms with Gasteiger partial charge in [-0.15, -0.1) is 0 Å². The monoisotopic (exact) mass is 324 g/mol. The van der Waals surface area contributed by atoms with Gasteiger partial charge in [-0.1, -0.05) is 6.07 Å². The molecule has 0 spiro atoms. The first-order valence-corrected chi connectivity index (χ1v) is 8.94. The predicted molar refractivity (Wildman–Crippen MR) is 86.0 cm³/mol. The van der Waals surface area contributed by atoms with Crippen LogP contribution in [-0.4, -0.2) is 44.6 Å². The van der Waals surface area contributed by atoms with Crippen LogP contribution in [0.4, 0.5) is 4.79 Å². The summed E-state index contributed by atoms with van der Waals surface area (Å²) >= 11 is 0. The highest BCUT2D eigenvalue weighted by Gasteiger charge is 2.27. The summed E-state index contributed by atoms with van der Waals surface area (Å²) in [4.78, 5) is 17.9. The normalized spacial score (nSPS) is 18.0. The highest BCUT2D eigenvalue weighted by atomic mass is 32.2. The largest absolute Gasteiger partial charge is 0.444 e. The molecule has 1 unspecified atom stereocenters. The van der Waals surface area contributed by atoms with Crippen LogP contribution in [0.2, 0.25) is 0 Å². The molecule has 1 fully saturated rings. The van der Waals surface area contributed by atoms with Crippen LogP contribution >= 0.6 is 0 Å². The van der Waals surface area contributed by atoms with Crippen molar-refractivity contribution >= 4 is 16.9 Å². The molecule has 122 valence electrons. The van der Waals surface area contributed by atoms with Gasteiger partial charge in [-0.2, -0.15) is 0 Å². The van der Waals surface area contributed by atoms with Crippen molar-refractivity contribution in [2.24, 2.45) is 5.92 Å². The van der Waals surface area contributed by atoms with E-state index >= 15 is 0 Å². The summed E-state index contributed by atoms with van der Waals surface area (Å²) in [5.41, 5.74) is -0.464. The van der Waals surface area contributed by atoms with Gasteiger partial charge < -0.3 is 9.64 Å². The van der Waals surface area contributed by atoms with E-state index in [1.807, 2.05) is 32.9 Å². The molecule has 0 saturated carbocycles. The van der Waals surface area contributed by atoms with Gasteiger partial charge in [0.25, 0.3) is 0 Å². The lowest BCUT2D eigenvalue weighted by Gasteiger charge is -2.33. The number of rotatable bonds is 3. The average Bonchev–Trinajstić information content (AvgIpc) is 2.47. The van der Waals surface area contributed by atoms with Gasteiger partial charge in [0, 0.05) is 25.0 Å². The summed E-state index contributed by atoms with van der Waals surface area (Å²) in [6.45, 7) is 6.94. The Morgan fingerprint density at radius 1 is 1.36 bits per heavy atom. The second-order valence-electron chi connectivity index (χ2n) is 6.59. The Morgan fingerprint density at radius 3 is 2.59 bits per heavy atom. The zero-order valence-corrected chi connectivity index (χ0v) is 14.3. The number of nitrogens with zero attached hydrogens (tertiary/aromatic N) is 2. The first kappa shape index (κ1) is 16.9. The molecule has 1 aliphatic heterocycles. The molecule has 2 rings (SSSR count). The summed E-state index contributed by atoms with van der Waals surface area (Å²) < 4.78 is 17.6. The van der Waals surface area contributed by atoms with E-state index < -0.39 is 16.4 Å². The number of carbonyl (C=O) groups excluding carboxylic acids is 1. The van der Waals surface area contributed by atoms with E-state index in [2.05, 4.69) is 4.98 Å². The number of amides is 1. The number of carbonyl (C=O) groups is 1. The number of hydrogen-bond donors (Lipinski definition) is 0. The molecule has 0 N–H and O–H groups in total. The molecule has 1 aromatic heterocycles. The number of aromatic nitrogens is 1. The average molecular weight is 324 g/mol. The fraction of sp³-hybridized carbons (Fsp3) is 0.625. The van der Waals surface area contributed by atoms with Crippen molar-refractivity contribution in [3.8, 4) is 0 Å². The molecule has 2 heterocycles. The van der Waals surface area contributed by atoms with Crippen molar-refractivity contribution < 1.29 is 13.7 Å². The molecule has 0 bridgehead atoms. The zero-order chi connectivity index (χ0) is 16.2. The van der Waals surface area contributed by atoms with E-state index in [1.54, 1.807) is 17.2 Å². The summed E-state index contributed by atoms with van der Waals surface area (Å²) in [7, 11) is -1.06. The summed E-state index contributed by atoms with van der Waals surface area (Å²) in [5, 5.41) is 0.636. The van der Waals surface area contributed by atoms with Gasteiger partial charge in [0.05, 0.1) is 10.8 Å². The van der Waals surface area contributed by atoms with Crippen molar-refractivity contribution in [2.75, 3.05) is 18.8 Å². The van der Waals surface area contributed by atoms with Gasteiger partial charge in [0.2, 0.25) is 0 Å². The summed E-state index contributed by atoms with van der Waals surface area (Å²) in [6, 6.07) is 5.47. The highest BCUT2D eigenvalue weighted by Crippen LogP contribution is 2.21. The predicted octanol–water partition coefficient (Wildman–Crippen LogP) is 2.84. The SMILES string of the molecule is CC(C)(C)OC(=O)N1CCC(CS(=O)c2ccccn2)CC1. The van der Waals surface area contributed by atoms with Crippen molar-refractivity contribution in [3.63, 3.8) is 0 Å². The third-order valence-corrected chi connectivity index (χ3v) is 5.01. The second-order valence-corrected chi connectivity index (χ2v) is 8.03. The molecule has 1 saturated heterocycles. The minimum Gasteiger partial charge on any atom is -0.444 e. The van der Waals surface area contributed by atoms with Crippen LogP contribution in [0, 0.1) is 5.92 Å². The van der Waals surface area contributed by atoms with Crippen LogP contribution < -0.4 is 0 Å². The molecule has 0 aliphatic carbocycles. The van der Waals surface area contributed by atoms with Crippen molar-refractivity contribution in [1.29, 1.82) is 0 Å². The van der Waals surface area contributed by atoms with E-state index in [1.165, 1.54) is 0 Å². The Morgan fingerprint density at radius 2 is 2.05 bits per heavy atom. The van der Waals surface area contributed by atoms with Crippen molar-refractivity contribution in [2.45, 2.75) is 44.2 Å². The van der Waals surface area contributed by atoms with Crippen LogP contribution in [0.25, 0.3) is 0 Å². The quantitative estimate of drug-likeness (QED) is 0.858. The van der Waals surface area contributed by atoms with Gasteiger partial charge in [-0.05, 0) is 51.7 Å². The molecule has 22 heavy (non-hydrogen) atoms. The maximum atomic E-state index is 12.3. The van der Waals surface area contributed by atoms with Gasteiger partial charge in [0.1, 0.15) is 10.6 Å². The highest BCUT2D eigenvalue weighted by molar-refractivity contribution is 7.84. The molecule has 1 amide bonds. The molecule has 0 radical (unpaired) electrons. The number of likely N-dealkylation sites (tertiary alicyclic amines) is 1. The smallest absolute Gasteiger partial charge is 0.410 e. The third kappa shape index (κ3) is 5.09. The van der Waals surface area contributed by atoms with Gasteiger partial charge >= 0.3 is 6.09 Å². The van der Waals surface area contributed by atoms with Gasteiger partial charge in [-0.3, -0.25) is 4.21 Å². The minimum atomic E-state index is -1.06. The molecule has 1 atom stereocenters. The van der Waals surface area contributed by atoms with Gasteiger partial charge in [-0.25, -0.2) is 9.78 Å². The van der Waals surface area contributed by atoms with Crippen LogP contribution in [-0.2, 0) is 15.5 Å². The minimum absolute atomic E-state index is 0.253. The van der Waals surface area contributed by atoms with E-state index in [0.717, 1.165) is 12.8 Å². The summed E-state index contributed by atoms with van der Waals surface area (Å²) in [5.74, 6) is 0.973. The molecule has 6 heteroatoms. The Hall–Kier alpha value is -1.43. The lowest BCUT2D eigenvalue weighted by molar-refractivity contribution is 0.0191. The molecular formula is C16H24N2O3S. The van der Waals surface area contributed by atoms with Crippen molar-refractivity contribution in [1.82, 2.24) is 9.88 Å². The second kappa shape index (κ2) is 7.22. The molecular weight excluding hydrogens is 300 g/mol. The molecule has 5 nitrogen and oxygen atoms in total. The lowest BCUT2D eigenvalue weighted by atomic mass is 9.99. The third-order valence-electron chi connectivity index (χ3n) is 3.52. The first-order valence-electron chi connectivity index (χ1n) is 7.62. The zero-order valence-electron chi connectivity index (χ0n) is 13.4. The van der Waals surface area contributed by atoms with E-state index in [0.29, 0.717) is 29.8 Å². The van der Waals surface area contributed by atoms with E-state index in [4.69, 9.17) is 4.74 Å². The van der Waals surface area contributed by atoms with E-state index in [9.17, 15) is 9.00 Å². The Bertz CT molecular complexity index is 520. The molecule has 1 aliphatic rings. The Balaban J connectivity index is 1.80. The fourth-order valence-corrected chi connectivity index (χ4v) is 3.73. The topological polar surface area (TPSA) is 59.5 Å². The van der Waals surface area contributed by atoms with Crippen LogP contribution in [0.15, 0.2) is 29.4 Å². The Kier molecular flexibility index (Phi) is 5.56. The van der Waals surface area contributed by atoms with E-state index in [-0.39, 0.29) is 6.09 Å². The van der Waals surface area contributed by atoms with Crippen LogP contribution in [0.3, 0.4) is 0 Å². The maximum Gasteiger partial charge on any atom is 0.410 e. The number of hydrogen-bond acceptors (Lipinski definition) is 4. The maximum absolute atomic E-state index is 12.3. The first-order chi connectivity index (χ1) is 10.3. The standard InChI is InChI=1S/C16H24N2O3S/c1-16(2,3)21-15(19)18-10-7-13(8-11-18)12-22(20)14-6-4-5-9-17-14/h4-6,9,13H,7-8,10-12H2,1-3H3. The molecule has 0 aromatic carbocycles. The van der Waals surface area contributed by atoms with Gasteiger partial charge in [0.15, 0.2) is 0 Å². The fourth-order valence-electron chi connectivity index (χ4n) is 2.39.